The number of nitrogens with two attached hydrogens (primary N) is 1. The molecule has 2 fully saturated rings. The van der Waals surface area contributed by atoms with Gasteiger partial charge >= 0.3 is 0 Å². The smallest absolute Gasteiger partial charge is 0.225 e. The second-order valence-electron chi connectivity index (χ2n) is 7.78. The summed E-state index contributed by atoms with van der Waals surface area (Å²) in [4.78, 5) is 14.7. The zero-order valence-electron chi connectivity index (χ0n) is 13.5. The first kappa shape index (κ1) is 15.8. The van der Waals surface area contributed by atoms with Crippen LogP contribution in [-0.4, -0.2) is 29.9 Å². The van der Waals surface area contributed by atoms with E-state index >= 15 is 0 Å². The summed E-state index contributed by atoms with van der Waals surface area (Å²) < 4.78 is 0. The quantitative estimate of drug-likeness (QED) is 0.863. The maximum atomic E-state index is 12.7. The molecule has 3 heteroatoms. The largest absolute Gasteiger partial charge is 0.342 e. The Balaban J connectivity index is 1.86. The molecule has 0 radical (unpaired) electrons. The molecule has 2 rings (SSSR count). The van der Waals surface area contributed by atoms with Crippen LogP contribution >= 0.6 is 0 Å². The summed E-state index contributed by atoms with van der Waals surface area (Å²) >= 11 is 0. The summed E-state index contributed by atoms with van der Waals surface area (Å²) in [7, 11) is 0. The Morgan fingerprint density at radius 3 is 2.50 bits per heavy atom. The van der Waals surface area contributed by atoms with Gasteiger partial charge in [0.25, 0.3) is 0 Å². The maximum Gasteiger partial charge on any atom is 0.225 e. The van der Waals surface area contributed by atoms with E-state index < -0.39 is 0 Å². The van der Waals surface area contributed by atoms with Crippen LogP contribution in [0.15, 0.2) is 0 Å². The van der Waals surface area contributed by atoms with Crippen molar-refractivity contribution in [3.05, 3.63) is 0 Å². The van der Waals surface area contributed by atoms with Gasteiger partial charge in [0.15, 0.2) is 0 Å². The number of hydrogen-bond donors (Lipinski definition) is 1. The predicted octanol–water partition coefficient (Wildman–Crippen LogP) is 3.18. The van der Waals surface area contributed by atoms with Gasteiger partial charge in [0.05, 0.1) is 0 Å². The van der Waals surface area contributed by atoms with Gasteiger partial charge in [0.1, 0.15) is 0 Å². The van der Waals surface area contributed by atoms with Crippen molar-refractivity contribution >= 4 is 5.91 Å². The van der Waals surface area contributed by atoms with E-state index in [1.807, 2.05) is 0 Å². The first-order valence-electron chi connectivity index (χ1n) is 8.44. The van der Waals surface area contributed by atoms with E-state index in [4.69, 9.17) is 5.73 Å². The number of nitrogens with zero attached hydrogens (tertiary/aromatic N) is 1. The molecule has 2 aliphatic rings. The van der Waals surface area contributed by atoms with Crippen molar-refractivity contribution < 1.29 is 4.79 Å². The fourth-order valence-electron chi connectivity index (χ4n) is 3.90. The van der Waals surface area contributed by atoms with Crippen molar-refractivity contribution in [2.45, 2.75) is 71.8 Å². The minimum atomic E-state index is 0.0540. The van der Waals surface area contributed by atoms with Gasteiger partial charge < -0.3 is 10.6 Å². The normalized spacial score (nSPS) is 29.2. The van der Waals surface area contributed by atoms with E-state index in [2.05, 4.69) is 25.7 Å². The fraction of sp³-hybridized carbons (Fsp3) is 0.941. The summed E-state index contributed by atoms with van der Waals surface area (Å²) in [6.45, 7) is 8.16. The molecule has 1 heterocycles. The molecule has 2 unspecified atom stereocenters. The lowest BCUT2D eigenvalue weighted by Gasteiger charge is -2.43. The van der Waals surface area contributed by atoms with E-state index in [0.717, 1.165) is 31.8 Å². The zero-order chi connectivity index (χ0) is 14.8. The standard InChI is InChI=1S/C17H32N2O/c1-13(11-14-7-5-4-6-8-14)16(20)19-10-9-15(18)17(2,3)12-19/h13-15H,4-12,18H2,1-3H3. The Hall–Kier alpha value is -0.570. The predicted molar refractivity (Wildman–Crippen MR) is 83.3 cm³/mol. The second kappa shape index (κ2) is 6.46. The number of amides is 1. The van der Waals surface area contributed by atoms with E-state index in [1.54, 1.807) is 0 Å². The summed E-state index contributed by atoms with van der Waals surface area (Å²) in [6, 6.07) is 0.222. The van der Waals surface area contributed by atoms with Crippen LogP contribution in [-0.2, 0) is 4.79 Å². The lowest BCUT2D eigenvalue weighted by molar-refractivity contribution is -0.139. The number of hydrogen-bond acceptors (Lipinski definition) is 2. The first-order chi connectivity index (χ1) is 9.40. The molecule has 1 aliphatic heterocycles. The van der Waals surface area contributed by atoms with E-state index in [-0.39, 0.29) is 17.4 Å². The average molecular weight is 280 g/mol. The molecule has 1 saturated carbocycles. The van der Waals surface area contributed by atoms with Gasteiger partial charge in [-0.2, -0.15) is 0 Å². The van der Waals surface area contributed by atoms with Crippen molar-refractivity contribution in [2.75, 3.05) is 13.1 Å². The van der Waals surface area contributed by atoms with Gasteiger partial charge in [-0.1, -0.05) is 52.9 Å². The average Bonchev–Trinajstić information content (AvgIpc) is 2.42. The third kappa shape index (κ3) is 3.75. The van der Waals surface area contributed by atoms with Crippen LogP contribution in [0.2, 0.25) is 0 Å². The Labute approximate surface area is 124 Å². The minimum Gasteiger partial charge on any atom is -0.342 e. The van der Waals surface area contributed by atoms with Crippen molar-refractivity contribution in [3.8, 4) is 0 Å². The van der Waals surface area contributed by atoms with Crippen LogP contribution in [0, 0.1) is 17.3 Å². The lowest BCUT2D eigenvalue weighted by atomic mass is 9.78. The fourth-order valence-corrected chi connectivity index (χ4v) is 3.90. The summed E-state index contributed by atoms with van der Waals surface area (Å²) in [6.07, 6.45) is 8.78. The van der Waals surface area contributed by atoms with Crippen LogP contribution in [0.5, 0.6) is 0 Å². The number of rotatable bonds is 3. The van der Waals surface area contributed by atoms with Gasteiger partial charge in [-0.3, -0.25) is 4.79 Å². The third-order valence-electron chi connectivity index (χ3n) is 5.46. The molecule has 0 bridgehead atoms. The molecule has 3 nitrogen and oxygen atoms in total. The molecule has 20 heavy (non-hydrogen) atoms. The molecule has 1 aliphatic carbocycles. The highest BCUT2D eigenvalue weighted by Gasteiger charge is 2.36. The Kier molecular flexibility index (Phi) is 5.11. The van der Waals surface area contributed by atoms with Gasteiger partial charge in [-0.15, -0.1) is 0 Å². The molecule has 1 amide bonds. The van der Waals surface area contributed by atoms with Crippen LogP contribution in [0.3, 0.4) is 0 Å². The third-order valence-corrected chi connectivity index (χ3v) is 5.46. The molecular formula is C17H32N2O. The highest BCUT2D eigenvalue weighted by molar-refractivity contribution is 5.78. The van der Waals surface area contributed by atoms with Crippen LogP contribution in [0.1, 0.15) is 65.7 Å². The Morgan fingerprint density at radius 1 is 1.25 bits per heavy atom. The van der Waals surface area contributed by atoms with E-state index in [0.29, 0.717) is 5.91 Å². The monoisotopic (exact) mass is 280 g/mol. The summed E-state index contributed by atoms with van der Waals surface area (Å²) in [5, 5.41) is 0. The van der Waals surface area contributed by atoms with Crippen LogP contribution in [0.25, 0.3) is 0 Å². The van der Waals surface area contributed by atoms with Gasteiger partial charge in [0.2, 0.25) is 5.91 Å². The van der Waals surface area contributed by atoms with Gasteiger partial charge in [-0.25, -0.2) is 0 Å². The molecular weight excluding hydrogens is 248 g/mol. The van der Waals surface area contributed by atoms with Crippen molar-refractivity contribution in [1.29, 1.82) is 0 Å². The number of carbonyl (C=O) groups excluding carboxylic acids is 1. The zero-order valence-corrected chi connectivity index (χ0v) is 13.5. The highest BCUT2D eigenvalue weighted by atomic mass is 16.2. The van der Waals surface area contributed by atoms with E-state index in [9.17, 15) is 4.79 Å². The molecule has 2 atom stereocenters. The molecule has 1 saturated heterocycles. The first-order valence-corrected chi connectivity index (χ1v) is 8.44. The molecule has 0 aromatic carbocycles. The molecule has 0 spiro atoms. The van der Waals surface area contributed by atoms with Crippen molar-refractivity contribution in [3.63, 3.8) is 0 Å². The number of carbonyl (C=O) groups is 1. The number of piperidine rings is 1. The number of likely N-dealkylation sites (tertiary alicyclic amines) is 1. The molecule has 0 aromatic rings. The Morgan fingerprint density at radius 2 is 1.90 bits per heavy atom. The van der Waals surface area contributed by atoms with Gasteiger partial charge in [0, 0.05) is 25.0 Å². The topological polar surface area (TPSA) is 46.3 Å². The minimum absolute atomic E-state index is 0.0540. The van der Waals surface area contributed by atoms with Crippen LogP contribution in [0.4, 0.5) is 0 Å². The van der Waals surface area contributed by atoms with E-state index in [1.165, 1.54) is 32.1 Å². The highest BCUT2D eigenvalue weighted by Crippen LogP contribution is 2.32. The summed E-state index contributed by atoms with van der Waals surface area (Å²) in [5.41, 5.74) is 6.22. The molecule has 116 valence electrons. The van der Waals surface area contributed by atoms with Gasteiger partial charge in [-0.05, 0) is 24.2 Å². The summed E-state index contributed by atoms with van der Waals surface area (Å²) in [5.74, 6) is 1.32. The molecule has 2 N–H and O–H groups in total. The maximum absolute atomic E-state index is 12.7. The Bertz CT molecular complexity index is 334. The lowest BCUT2D eigenvalue weighted by Crippen LogP contribution is -2.54. The SMILES string of the molecule is CC(CC1CCCCC1)C(=O)N1CCC(N)C(C)(C)C1. The van der Waals surface area contributed by atoms with Crippen LogP contribution < -0.4 is 5.73 Å². The van der Waals surface area contributed by atoms with Crippen molar-refractivity contribution in [1.82, 2.24) is 4.90 Å². The molecule has 0 aromatic heterocycles. The second-order valence-corrected chi connectivity index (χ2v) is 7.78. The van der Waals surface area contributed by atoms with Crippen molar-refractivity contribution in [2.24, 2.45) is 23.0 Å².